The highest BCUT2D eigenvalue weighted by molar-refractivity contribution is 7.16. The number of Topliss-reactive ketones (excluding diaryl/α,β-unsaturated/α-hetero) is 1. The number of ether oxygens (including phenoxy) is 2. The van der Waals surface area contributed by atoms with E-state index in [-0.39, 0.29) is 18.7 Å². The van der Waals surface area contributed by atoms with E-state index in [0.29, 0.717) is 17.1 Å². The van der Waals surface area contributed by atoms with Crippen LogP contribution in [0, 0.1) is 0 Å². The van der Waals surface area contributed by atoms with Crippen molar-refractivity contribution in [2.45, 2.75) is 32.1 Å². The zero-order valence-electron chi connectivity index (χ0n) is 15.6. The Morgan fingerprint density at radius 1 is 1.15 bits per heavy atom. The Bertz CT molecular complexity index is 860. The molecule has 0 spiro atoms. The normalized spacial score (nSPS) is 13.0. The molecule has 1 aliphatic carbocycles. The molecule has 0 atom stereocenters. The summed E-state index contributed by atoms with van der Waals surface area (Å²) in [5.74, 6) is 0.813. The topological polar surface area (TPSA) is 90.6 Å². The first-order valence-corrected chi connectivity index (χ1v) is 9.76. The number of ketones is 1. The summed E-state index contributed by atoms with van der Waals surface area (Å²) in [5, 5.41) is 3.85. The summed E-state index contributed by atoms with van der Waals surface area (Å²) in [6, 6.07) is 5.43. The first-order valence-electron chi connectivity index (χ1n) is 8.94. The van der Waals surface area contributed by atoms with Crippen molar-refractivity contribution in [1.29, 1.82) is 0 Å². The van der Waals surface area contributed by atoms with E-state index in [9.17, 15) is 9.59 Å². The minimum atomic E-state index is -0.427. The number of hydrogen-bond donors (Lipinski definition) is 2. The summed E-state index contributed by atoms with van der Waals surface area (Å²) in [6.07, 6.45) is 4.32. The number of carbonyl (C=O) groups is 2. The van der Waals surface area contributed by atoms with Crippen LogP contribution in [-0.4, -0.2) is 32.5 Å². The first kappa shape index (κ1) is 19.2. The summed E-state index contributed by atoms with van der Waals surface area (Å²) in [6.45, 7) is 0.147. The van der Waals surface area contributed by atoms with Gasteiger partial charge in [-0.25, -0.2) is 0 Å². The van der Waals surface area contributed by atoms with Crippen LogP contribution in [0.4, 0.5) is 5.00 Å². The number of anilines is 1. The Morgan fingerprint density at radius 3 is 2.59 bits per heavy atom. The van der Waals surface area contributed by atoms with E-state index < -0.39 is 5.91 Å². The van der Waals surface area contributed by atoms with Crippen LogP contribution in [0.25, 0.3) is 0 Å². The molecule has 27 heavy (non-hydrogen) atoms. The van der Waals surface area contributed by atoms with Gasteiger partial charge in [0, 0.05) is 11.3 Å². The lowest BCUT2D eigenvalue weighted by Crippen LogP contribution is -2.19. The molecule has 1 heterocycles. The van der Waals surface area contributed by atoms with Gasteiger partial charge in [0.05, 0.1) is 26.3 Å². The van der Waals surface area contributed by atoms with Gasteiger partial charge in [-0.1, -0.05) is 6.07 Å². The van der Waals surface area contributed by atoms with Crippen LogP contribution in [-0.2, 0) is 24.1 Å². The Morgan fingerprint density at radius 2 is 1.89 bits per heavy atom. The molecule has 1 aromatic heterocycles. The molecule has 1 amide bonds. The minimum absolute atomic E-state index is 0.0176. The minimum Gasteiger partial charge on any atom is -0.493 e. The Hall–Kier alpha value is -2.54. The number of methoxy groups -OCH3 is 2. The molecule has 1 aromatic carbocycles. The number of carbonyl (C=O) groups excluding carboxylic acids is 2. The van der Waals surface area contributed by atoms with Crippen LogP contribution in [0.1, 0.15) is 39.2 Å². The summed E-state index contributed by atoms with van der Waals surface area (Å²) in [5.41, 5.74) is 8.06. The second kappa shape index (κ2) is 8.43. The number of benzene rings is 1. The van der Waals surface area contributed by atoms with E-state index in [1.165, 1.54) is 4.88 Å². The third-order valence-electron chi connectivity index (χ3n) is 4.71. The number of aryl methyl sites for hydroxylation is 1. The van der Waals surface area contributed by atoms with Crippen molar-refractivity contribution in [2.24, 2.45) is 5.73 Å². The van der Waals surface area contributed by atoms with E-state index >= 15 is 0 Å². The number of nitrogens with two attached hydrogens (primary N) is 1. The van der Waals surface area contributed by atoms with Crippen molar-refractivity contribution in [1.82, 2.24) is 0 Å². The number of nitrogens with one attached hydrogen (secondary N) is 1. The molecule has 3 N–H and O–H groups in total. The highest BCUT2D eigenvalue weighted by atomic mass is 32.1. The van der Waals surface area contributed by atoms with E-state index in [1.54, 1.807) is 37.7 Å². The molecule has 1 aliphatic rings. The number of rotatable bonds is 8. The molecule has 7 heteroatoms. The average molecular weight is 388 g/mol. The standard InChI is InChI=1S/C20H24N2O4S/c1-25-15-8-7-12(10-16(15)26-2)9-13(23)11-22-20-18(19(21)24)14-5-3-4-6-17(14)27-20/h7-8,10,22H,3-6,9,11H2,1-2H3,(H2,21,24). The molecule has 3 rings (SSSR count). The molecule has 2 aromatic rings. The van der Waals surface area contributed by atoms with E-state index in [4.69, 9.17) is 15.2 Å². The average Bonchev–Trinajstić information content (AvgIpc) is 3.05. The number of primary amides is 1. The maximum Gasteiger partial charge on any atom is 0.251 e. The molecule has 144 valence electrons. The van der Waals surface area contributed by atoms with Crippen molar-refractivity contribution in [3.8, 4) is 11.5 Å². The molecular formula is C20H24N2O4S. The van der Waals surface area contributed by atoms with Crippen molar-refractivity contribution < 1.29 is 19.1 Å². The molecule has 0 saturated heterocycles. The highest BCUT2D eigenvalue weighted by Gasteiger charge is 2.24. The van der Waals surface area contributed by atoms with Crippen molar-refractivity contribution in [3.63, 3.8) is 0 Å². The van der Waals surface area contributed by atoms with Gasteiger partial charge in [-0.2, -0.15) is 0 Å². The van der Waals surface area contributed by atoms with Crippen LogP contribution in [0.15, 0.2) is 18.2 Å². The lowest BCUT2D eigenvalue weighted by atomic mass is 9.95. The van der Waals surface area contributed by atoms with Crippen LogP contribution >= 0.6 is 11.3 Å². The highest BCUT2D eigenvalue weighted by Crippen LogP contribution is 2.37. The second-order valence-corrected chi connectivity index (χ2v) is 7.64. The van der Waals surface area contributed by atoms with Crippen LogP contribution in [0.2, 0.25) is 0 Å². The van der Waals surface area contributed by atoms with Gasteiger partial charge < -0.3 is 20.5 Å². The predicted molar refractivity (Wildman–Crippen MR) is 106 cm³/mol. The van der Waals surface area contributed by atoms with Crippen LogP contribution < -0.4 is 20.5 Å². The van der Waals surface area contributed by atoms with E-state index in [2.05, 4.69) is 5.32 Å². The molecule has 0 saturated carbocycles. The predicted octanol–water partition coefficient (Wildman–Crippen LogP) is 2.97. The Labute approximate surface area is 162 Å². The van der Waals surface area contributed by atoms with Crippen molar-refractivity contribution in [3.05, 3.63) is 39.8 Å². The number of amides is 1. The Kier molecular flexibility index (Phi) is 6.01. The lowest BCUT2D eigenvalue weighted by Gasteiger charge is -2.11. The van der Waals surface area contributed by atoms with Gasteiger partial charge in [-0.15, -0.1) is 11.3 Å². The summed E-state index contributed by atoms with van der Waals surface area (Å²) >= 11 is 1.55. The first-order chi connectivity index (χ1) is 13.0. The summed E-state index contributed by atoms with van der Waals surface area (Å²) < 4.78 is 10.5. The number of thiophene rings is 1. The molecule has 0 fully saturated rings. The van der Waals surface area contributed by atoms with Gasteiger partial charge in [-0.05, 0) is 48.9 Å². The zero-order chi connectivity index (χ0) is 19.4. The fourth-order valence-electron chi connectivity index (χ4n) is 3.41. The maximum atomic E-state index is 12.4. The Balaban J connectivity index is 1.68. The molecule has 6 nitrogen and oxygen atoms in total. The molecule has 0 aliphatic heterocycles. The largest absolute Gasteiger partial charge is 0.493 e. The van der Waals surface area contributed by atoms with E-state index in [1.807, 2.05) is 6.07 Å². The van der Waals surface area contributed by atoms with Gasteiger partial charge >= 0.3 is 0 Å². The van der Waals surface area contributed by atoms with Crippen molar-refractivity contribution in [2.75, 3.05) is 26.1 Å². The SMILES string of the molecule is COc1ccc(CC(=O)CNc2sc3c(c2C(N)=O)CCCC3)cc1OC. The fourth-order valence-corrected chi connectivity index (χ4v) is 4.70. The van der Waals surface area contributed by atoms with Gasteiger partial charge in [0.1, 0.15) is 5.00 Å². The molecular weight excluding hydrogens is 364 g/mol. The maximum absolute atomic E-state index is 12.4. The van der Waals surface area contributed by atoms with Gasteiger partial charge in [0.15, 0.2) is 17.3 Å². The van der Waals surface area contributed by atoms with Gasteiger partial charge in [0.25, 0.3) is 5.91 Å². The summed E-state index contributed by atoms with van der Waals surface area (Å²) in [4.78, 5) is 25.5. The lowest BCUT2D eigenvalue weighted by molar-refractivity contribution is -0.116. The smallest absolute Gasteiger partial charge is 0.251 e. The van der Waals surface area contributed by atoms with Gasteiger partial charge in [-0.3, -0.25) is 9.59 Å². The quantitative estimate of drug-likeness (QED) is 0.726. The van der Waals surface area contributed by atoms with Crippen LogP contribution in [0.5, 0.6) is 11.5 Å². The monoisotopic (exact) mass is 388 g/mol. The third kappa shape index (κ3) is 4.24. The van der Waals surface area contributed by atoms with Crippen LogP contribution in [0.3, 0.4) is 0 Å². The van der Waals surface area contributed by atoms with E-state index in [0.717, 1.165) is 41.8 Å². The molecule has 0 radical (unpaired) electrons. The van der Waals surface area contributed by atoms with Crippen molar-refractivity contribution >= 4 is 28.0 Å². The third-order valence-corrected chi connectivity index (χ3v) is 5.96. The molecule has 0 bridgehead atoms. The fraction of sp³-hybridized carbons (Fsp3) is 0.400. The summed E-state index contributed by atoms with van der Waals surface area (Å²) in [7, 11) is 3.14. The number of fused-ring (bicyclic) bond motifs is 1. The zero-order valence-corrected chi connectivity index (χ0v) is 16.4. The van der Waals surface area contributed by atoms with Gasteiger partial charge in [0.2, 0.25) is 0 Å². The number of hydrogen-bond acceptors (Lipinski definition) is 6. The second-order valence-electron chi connectivity index (χ2n) is 6.54. The molecule has 0 unspecified atom stereocenters.